The average molecular weight is 420 g/mol. The molecule has 0 saturated heterocycles. The van der Waals surface area contributed by atoms with Gasteiger partial charge in [-0.2, -0.15) is 11.3 Å². The summed E-state index contributed by atoms with van der Waals surface area (Å²) in [5, 5.41) is 8.46. The number of aromatic nitrogens is 1. The first kappa shape index (κ1) is 20.2. The fourth-order valence-electron chi connectivity index (χ4n) is 3.21. The third-order valence-electron chi connectivity index (χ3n) is 4.74. The number of nitrogens with zero attached hydrogens (tertiary/aromatic N) is 1. The molecule has 0 saturated carbocycles. The van der Waals surface area contributed by atoms with Gasteiger partial charge in [0.2, 0.25) is 0 Å². The highest BCUT2D eigenvalue weighted by Gasteiger charge is 2.07. The quantitative estimate of drug-likeness (QED) is 0.322. The molecule has 0 aliphatic heterocycles. The van der Waals surface area contributed by atoms with E-state index in [0.29, 0.717) is 26.1 Å². The molecule has 4 rings (SSSR count). The molecular weight excluding hydrogens is 394 g/mol. The van der Waals surface area contributed by atoms with Gasteiger partial charge in [0.05, 0.1) is 18.9 Å². The highest BCUT2D eigenvalue weighted by atomic mass is 32.1. The van der Waals surface area contributed by atoms with Gasteiger partial charge in [-0.15, -0.1) is 0 Å². The van der Waals surface area contributed by atoms with E-state index >= 15 is 0 Å². The Kier molecular flexibility index (Phi) is 6.83. The van der Waals surface area contributed by atoms with Gasteiger partial charge in [-0.25, -0.2) is 0 Å². The van der Waals surface area contributed by atoms with Crippen molar-refractivity contribution in [2.24, 2.45) is 0 Å². The van der Waals surface area contributed by atoms with Crippen LogP contribution in [0.15, 0.2) is 75.9 Å². The lowest BCUT2D eigenvalue weighted by molar-refractivity contribution is 0.295. The SMILES string of the molecule is Cc1cccc(OCCc2cc(Cc3cccc(OCCc4ccsc4)c3)no2)c1. The summed E-state index contributed by atoms with van der Waals surface area (Å²) >= 11 is 1.72. The van der Waals surface area contributed by atoms with Crippen molar-refractivity contribution in [3.05, 3.63) is 99.6 Å². The van der Waals surface area contributed by atoms with Crippen molar-refractivity contribution in [3.63, 3.8) is 0 Å². The molecule has 4 aromatic rings. The Morgan fingerprint density at radius 1 is 0.867 bits per heavy atom. The van der Waals surface area contributed by atoms with Crippen LogP contribution in [0.3, 0.4) is 0 Å². The highest BCUT2D eigenvalue weighted by molar-refractivity contribution is 7.07. The maximum absolute atomic E-state index is 5.91. The lowest BCUT2D eigenvalue weighted by Gasteiger charge is -2.07. The smallest absolute Gasteiger partial charge is 0.140 e. The normalized spacial score (nSPS) is 10.8. The summed E-state index contributed by atoms with van der Waals surface area (Å²) in [4.78, 5) is 0. The Labute approximate surface area is 181 Å². The molecule has 2 aromatic heterocycles. The van der Waals surface area contributed by atoms with Crippen molar-refractivity contribution in [1.29, 1.82) is 0 Å². The summed E-state index contributed by atoms with van der Waals surface area (Å²) in [6.07, 6.45) is 2.32. The van der Waals surface area contributed by atoms with Gasteiger partial charge in [0.1, 0.15) is 17.3 Å². The average Bonchev–Trinajstić information content (AvgIpc) is 3.41. The molecule has 4 nitrogen and oxygen atoms in total. The molecule has 0 amide bonds. The molecule has 0 atom stereocenters. The van der Waals surface area contributed by atoms with E-state index in [-0.39, 0.29) is 0 Å². The van der Waals surface area contributed by atoms with E-state index in [9.17, 15) is 0 Å². The molecule has 0 aliphatic rings. The maximum Gasteiger partial charge on any atom is 0.140 e. The molecule has 0 aliphatic carbocycles. The van der Waals surface area contributed by atoms with Crippen LogP contribution in [-0.2, 0) is 19.3 Å². The second-order valence-electron chi connectivity index (χ2n) is 7.25. The van der Waals surface area contributed by atoms with Crippen LogP contribution in [0.1, 0.15) is 28.1 Å². The zero-order chi connectivity index (χ0) is 20.6. The van der Waals surface area contributed by atoms with Crippen LogP contribution in [0, 0.1) is 6.92 Å². The minimum atomic E-state index is 0.561. The van der Waals surface area contributed by atoms with Gasteiger partial charge in [0.25, 0.3) is 0 Å². The molecule has 0 fully saturated rings. The van der Waals surface area contributed by atoms with E-state index in [1.54, 1.807) is 11.3 Å². The first-order chi connectivity index (χ1) is 14.7. The van der Waals surface area contributed by atoms with Gasteiger partial charge in [-0.05, 0) is 64.7 Å². The zero-order valence-electron chi connectivity index (χ0n) is 17.0. The number of hydrogen-bond donors (Lipinski definition) is 0. The summed E-state index contributed by atoms with van der Waals surface area (Å²) in [6, 6.07) is 20.4. The number of hydrogen-bond acceptors (Lipinski definition) is 5. The first-order valence-corrected chi connectivity index (χ1v) is 11.1. The Bertz CT molecular complexity index is 1060. The Balaban J connectivity index is 1.25. The maximum atomic E-state index is 5.91. The number of ether oxygens (including phenoxy) is 2. The van der Waals surface area contributed by atoms with Crippen LogP contribution in [0.4, 0.5) is 0 Å². The summed E-state index contributed by atoms with van der Waals surface area (Å²) in [7, 11) is 0. The monoisotopic (exact) mass is 419 g/mol. The summed E-state index contributed by atoms with van der Waals surface area (Å²) in [5.41, 5.74) is 4.57. The Morgan fingerprint density at radius 3 is 2.47 bits per heavy atom. The predicted molar refractivity (Wildman–Crippen MR) is 120 cm³/mol. The third-order valence-corrected chi connectivity index (χ3v) is 5.47. The topological polar surface area (TPSA) is 44.5 Å². The summed E-state index contributed by atoms with van der Waals surface area (Å²) in [6.45, 7) is 3.29. The standard InChI is InChI=1S/C25H25NO3S/c1-19-4-2-6-23(14-19)28-12-9-25-17-22(26-29-25)15-21-5-3-7-24(16-21)27-11-8-20-10-13-30-18-20/h2-7,10,13-14,16-18H,8-9,11-12,15H2,1H3. The Morgan fingerprint density at radius 2 is 1.67 bits per heavy atom. The minimum Gasteiger partial charge on any atom is -0.493 e. The fraction of sp³-hybridized carbons (Fsp3) is 0.240. The van der Waals surface area contributed by atoms with Crippen molar-refractivity contribution in [2.75, 3.05) is 13.2 Å². The van der Waals surface area contributed by atoms with E-state index in [1.807, 2.05) is 36.4 Å². The fourth-order valence-corrected chi connectivity index (χ4v) is 3.91. The number of benzene rings is 2. The molecule has 2 aromatic carbocycles. The minimum absolute atomic E-state index is 0.561. The lowest BCUT2D eigenvalue weighted by Crippen LogP contribution is -2.01. The summed E-state index contributed by atoms with van der Waals surface area (Å²) < 4.78 is 17.2. The van der Waals surface area contributed by atoms with Crippen molar-refractivity contribution in [1.82, 2.24) is 5.16 Å². The highest BCUT2D eigenvalue weighted by Crippen LogP contribution is 2.18. The van der Waals surface area contributed by atoms with Crippen LogP contribution in [-0.4, -0.2) is 18.4 Å². The van der Waals surface area contributed by atoms with Crippen LogP contribution >= 0.6 is 11.3 Å². The first-order valence-electron chi connectivity index (χ1n) is 10.1. The van der Waals surface area contributed by atoms with Crippen molar-refractivity contribution in [3.8, 4) is 11.5 Å². The number of aryl methyl sites for hydroxylation is 1. The number of thiophene rings is 1. The van der Waals surface area contributed by atoms with Gasteiger partial charge >= 0.3 is 0 Å². The predicted octanol–water partition coefficient (Wildman–Crippen LogP) is 5.88. The second-order valence-corrected chi connectivity index (χ2v) is 8.03. The van der Waals surface area contributed by atoms with E-state index < -0.39 is 0 Å². The van der Waals surface area contributed by atoms with Gasteiger partial charge in [-0.1, -0.05) is 29.4 Å². The molecule has 30 heavy (non-hydrogen) atoms. The lowest BCUT2D eigenvalue weighted by atomic mass is 10.1. The van der Waals surface area contributed by atoms with Gasteiger partial charge in [0, 0.05) is 25.3 Å². The molecule has 0 unspecified atom stereocenters. The largest absolute Gasteiger partial charge is 0.493 e. The van der Waals surface area contributed by atoms with Gasteiger partial charge < -0.3 is 14.0 Å². The molecule has 0 spiro atoms. The van der Waals surface area contributed by atoms with E-state index in [2.05, 4.69) is 47.1 Å². The summed E-state index contributed by atoms with van der Waals surface area (Å²) in [5.74, 6) is 2.60. The van der Waals surface area contributed by atoms with Crippen LogP contribution in [0.25, 0.3) is 0 Å². The molecule has 5 heteroatoms. The molecule has 0 bridgehead atoms. The number of rotatable bonds is 10. The van der Waals surface area contributed by atoms with E-state index in [4.69, 9.17) is 14.0 Å². The molecule has 2 heterocycles. The molecule has 154 valence electrons. The molecular formula is C25H25NO3S. The van der Waals surface area contributed by atoms with Gasteiger partial charge in [0.15, 0.2) is 0 Å². The van der Waals surface area contributed by atoms with Crippen molar-refractivity contribution in [2.45, 2.75) is 26.2 Å². The van der Waals surface area contributed by atoms with Crippen LogP contribution in [0.2, 0.25) is 0 Å². The second kappa shape index (κ2) is 10.1. The molecule has 0 radical (unpaired) electrons. The van der Waals surface area contributed by atoms with E-state index in [1.165, 1.54) is 11.1 Å². The van der Waals surface area contributed by atoms with Crippen molar-refractivity contribution >= 4 is 11.3 Å². The van der Waals surface area contributed by atoms with Crippen molar-refractivity contribution < 1.29 is 14.0 Å². The molecule has 0 N–H and O–H groups in total. The Hall–Kier alpha value is -3.05. The van der Waals surface area contributed by atoms with Crippen LogP contribution in [0.5, 0.6) is 11.5 Å². The zero-order valence-corrected chi connectivity index (χ0v) is 17.9. The van der Waals surface area contributed by atoms with E-state index in [0.717, 1.165) is 34.9 Å². The van der Waals surface area contributed by atoms with Gasteiger partial charge in [-0.3, -0.25) is 0 Å². The van der Waals surface area contributed by atoms with Crippen LogP contribution < -0.4 is 9.47 Å². The third kappa shape index (κ3) is 5.97.